The fourth-order valence-corrected chi connectivity index (χ4v) is 8.85. The van der Waals surface area contributed by atoms with Crippen LogP contribution in [-0.2, 0) is 59.3 Å². The van der Waals surface area contributed by atoms with Crippen molar-refractivity contribution in [3.63, 3.8) is 0 Å². The highest BCUT2D eigenvalue weighted by Crippen LogP contribution is 2.22. The van der Waals surface area contributed by atoms with E-state index in [0.29, 0.717) is 70.1 Å². The molecular formula is C55H82N14O10. The molecule has 0 aliphatic carbocycles. The summed E-state index contributed by atoms with van der Waals surface area (Å²) in [7, 11) is 0. The summed E-state index contributed by atoms with van der Waals surface area (Å²) < 4.78 is 19.5. The van der Waals surface area contributed by atoms with Crippen molar-refractivity contribution in [1.29, 1.82) is 0 Å². The molecule has 4 aromatic rings. The minimum Gasteiger partial charge on any atom is -0.447 e. The lowest BCUT2D eigenvalue weighted by molar-refractivity contribution is -0.127. The Bertz CT molecular complexity index is 2610. The van der Waals surface area contributed by atoms with Crippen molar-refractivity contribution in [3.05, 3.63) is 96.1 Å². The normalized spacial score (nSPS) is 16.1. The second-order valence-electron chi connectivity index (χ2n) is 22.0. The third-order valence-electron chi connectivity index (χ3n) is 12.9. The van der Waals surface area contributed by atoms with Crippen molar-refractivity contribution in [2.45, 2.75) is 168 Å². The van der Waals surface area contributed by atoms with Crippen molar-refractivity contribution in [3.8, 4) is 0 Å². The summed E-state index contributed by atoms with van der Waals surface area (Å²) in [6.07, 6.45) is 7.05. The van der Waals surface area contributed by atoms with E-state index in [1.54, 1.807) is 67.6 Å². The molecule has 79 heavy (non-hydrogen) atoms. The van der Waals surface area contributed by atoms with E-state index >= 15 is 0 Å². The number of nitrogens with one attached hydrogen (secondary N) is 5. The highest BCUT2D eigenvalue weighted by Gasteiger charge is 2.35. The number of nitrogens with zero attached hydrogens (tertiary/aromatic N) is 8. The lowest BCUT2D eigenvalue weighted by Crippen LogP contribution is -2.56. The van der Waals surface area contributed by atoms with Gasteiger partial charge in [-0.05, 0) is 111 Å². The topological polar surface area (TPSA) is 301 Å². The molecule has 2 unspecified atom stereocenters. The Morgan fingerprint density at radius 3 is 1.44 bits per heavy atom. The molecule has 24 nitrogen and oxygen atoms in total. The Morgan fingerprint density at radius 2 is 1.05 bits per heavy atom. The van der Waals surface area contributed by atoms with E-state index in [4.69, 9.17) is 19.9 Å². The summed E-state index contributed by atoms with van der Waals surface area (Å²) in [5, 5.41) is 22.9. The molecule has 4 heterocycles. The average Bonchev–Trinajstić information content (AvgIpc) is 4.28. The van der Waals surface area contributed by atoms with E-state index in [-0.39, 0.29) is 55.6 Å². The maximum Gasteiger partial charge on any atom is 0.409 e. The van der Waals surface area contributed by atoms with Crippen molar-refractivity contribution in [2.75, 3.05) is 39.4 Å². The lowest BCUT2D eigenvalue weighted by Gasteiger charge is -2.29. The molecule has 4 atom stereocenters. The number of carbonyl (C=O) groups excluding carboxylic acids is 7. The highest BCUT2D eigenvalue weighted by molar-refractivity contribution is 5.89. The number of carbonyl (C=O) groups is 7. The molecule has 2 aliphatic rings. The van der Waals surface area contributed by atoms with Gasteiger partial charge in [-0.3, -0.25) is 19.2 Å². The first-order valence-electron chi connectivity index (χ1n) is 27.0. The van der Waals surface area contributed by atoms with E-state index in [9.17, 15) is 33.6 Å². The predicted octanol–water partition coefficient (Wildman–Crippen LogP) is 4.65. The first-order valence-corrected chi connectivity index (χ1v) is 27.0. The smallest absolute Gasteiger partial charge is 0.409 e. The number of aromatic nitrogens is 6. The number of ether oxygens (including phenoxy) is 3. The van der Waals surface area contributed by atoms with Crippen LogP contribution < -0.4 is 32.3 Å². The molecule has 432 valence electrons. The van der Waals surface area contributed by atoms with Gasteiger partial charge in [-0.2, -0.15) is 10.2 Å². The molecule has 0 saturated carbocycles. The van der Waals surface area contributed by atoms with Gasteiger partial charge in [0.2, 0.25) is 23.6 Å². The quantitative estimate of drug-likeness (QED) is 0.0551. The maximum absolute atomic E-state index is 13.4. The molecule has 2 aromatic carbocycles. The van der Waals surface area contributed by atoms with Crippen LogP contribution >= 0.6 is 0 Å². The van der Waals surface area contributed by atoms with Gasteiger partial charge in [-0.25, -0.2) is 33.7 Å². The van der Waals surface area contributed by atoms with E-state index in [2.05, 4.69) is 71.0 Å². The Kier molecular flexibility index (Phi) is 23.1. The Hall–Kier alpha value is -7.63. The van der Waals surface area contributed by atoms with Gasteiger partial charge in [0.15, 0.2) is 0 Å². The van der Waals surface area contributed by atoms with Gasteiger partial charge in [0, 0.05) is 52.1 Å². The third-order valence-corrected chi connectivity index (χ3v) is 12.9. The van der Waals surface area contributed by atoms with Crippen molar-refractivity contribution in [1.82, 2.24) is 65.9 Å². The molecule has 7 N–H and O–H groups in total. The minimum absolute atomic E-state index is 0.0485. The Morgan fingerprint density at radius 1 is 0.633 bits per heavy atom. The molecule has 0 radical (unpaired) electrons. The highest BCUT2D eigenvalue weighted by atomic mass is 16.6. The zero-order valence-electron chi connectivity index (χ0n) is 47.3. The number of nitrogens with two attached hydrogens (primary N) is 1. The van der Waals surface area contributed by atoms with Crippen molar-refractivity contribution >= 4 is 41.9 Å². The fourth-order valence-electron chi connectivity index (χ4n) is 8.85. The number of amides is 7. The lowest BCUT2D eigenvalue weighted by atomic mass is 10.0. The van der Waals surface area contributed by atoms with E-state index in [1.807, 2.05) is 36.4 Å². The van der Waals surface area contributed by atoms with Gasteiger partial charge in [0.25, 0.3) is 0 Å². The van der Waals surface area contributed by atoms with Crippen LogP contribution in [0.5, 0.6) is 0 Å². The Balaban J connectivity index is 0.000000295. The van der Waals surface area contributed by atoms with Gasteiger partial charge in [-0.15, -0.1) is 0 Å². The maximum atomic E-state index is 13.4. The number of hydrogen-bond donors (Lipinski definition) is 6. The van der Waals surface area contributed by atoms with E-state index in [0.717, 1.165) is 25.7 Å². The first-order chi connectivity index (χ1) is 37.4. The van der Waals surface area contributed by atoms with Crippen LogP contribution in [0.25, 0.3) is 0 Å². The van der Waals surface area contributed by atoms with Crippen LogP contribution in [0.4, 0.5) is 14.4 Å². The largest absolute Gasteiger partial charge is 0.447 e. The van der Waals surface area contributed by atoms with E-state index in [1.165, 1.54) is 37.6 Å². The van der Waals surface area contributed by atoms with Crippen LogP contribution in [0.15, 0.2) is 73.3 Å². The van der Waals surface area contributed by atoms with Crippen LogP contribution in [-0.4, -0.2) is 149 Å². The van der Waals surface area contributed by atoms with Crippen LogP contribution in [0.3, 0.4) is 0 Å². The van der Waals surface area contributed by atoms with Gasteiger partial charge in [0.1, 0.15) is 48.7 Å². The monoisotopic (exact) mass is 1100 g/mol. The summed E-state index contributed by atoms with van der Waals surface area (Å²) in [5.74, 6) is 0.162. The van der Waals surface area contributed by atoms with Crippen LogP contribution in [0.1, 0.15) is 136 Å². The second-order valence-corrected chi connectivity index (χ2v) is 22.0. The van der Waals surface area contributed by atoms with Crippen molar-refractivity contribution < 1.29 is 47.8 Å². The van der Waals surface area contributed by atoms with Gasteiger partial charge in [-0.1, -0.05) is 60.7 Å². The molecule has 2 aliphatic heterocycles. The molecule has 2 saturated heterocycles. The summed E-state index contributed by atoms with van der Waals surface area (Å²) in [6, 6.07) is 19.1. The molecular weight excluding hydrogens is 1020 g/mol. The molecule has 2 aromatic heterocycles. The molecule has 2 fully saturated rings. The van der Waals surface area contributed by atoms with E-state index < -0.39 is 46.9 Å². The minimum atomic E-state index is -1.27. The van der Waals surface area contributed by atoms with Crippen molar-refractivity contribution in [2.24, 2.45) is 5.73 Å². The predicted molar refractivity (Wildman–Crippen MR) is 293 cm³/mol. The molecule has 24 heteroatoms. The molecule has 0 bridgehead atoms. The SMILES string of the molecule is CC(=O)N[C@@H]1CCN(C(=O)OCCn2ncnc2C(CCCc2ccccc2)NC(=O)C(C)(C)N)C1.CC(=O)N[C@@H]1CCN(C(=O)OCCn2ncnc2C(CCCc2ccccc2)NC(=O)C(C)(C)NC(=O)OC(C)(C)C)C1. The zero-order chi connectivity index (χ0) is 57.8. The number of benzene rings is 2. The number of aryl methyl sites for hydroxylation is 2. The third kappa shape index (κ3) is 21.3. The zero-order valence-corrected chi connectivity index (χ0v) is 47.3. The Labute approximate surface area is 463 Å². The molecule has 6 rings (SSSR count). The standard InChI is InChI=1S/C30H45N7O6.C25H37N7O4/c1-21(38)33-23-15-16-36(19-23)28(41)42-18-17-37-25(31-20-32-37)24(14-10-13-22-11-8-7-9-12-22)34-26(39)30(5,6)35-27(40)43-29(2,3)4;1-18(33)29-20-12-13-31(16-20)24(35)36-15-14-32-22(27-17-28-32)21(30-23(34)25(2,3)26)11-7-10-19-8-5-4-6-9-19/h7-9,11-12,20,23-24H,10,13-19H2,1-6H3,(H,33,38)(H,34,39)(H,35,40);4-6,8-9,17,20-21H,7,10-16,26H2,1-3H3,(H,29,33)(H,30,34)/t23-,24?;20-,21?/m11/s1. The molecule has 7 amide bonds. The molecule has 0 spiro atoms. The summed E-state index contributed by atoms with van der Waals surface area (Å²) in [4.78, 5) is 98.0. The number of likely N-dealkylation sites (tertiary alicyclic amines) is 2. The van der Waals surface area contributed by atoms with Gasteiger partial charge >= 0.3 is 18.3 Å². The summed E-state index contributed by atoms with van der Waals surface area (Å²) in [6.45, 7) is 17.2. The van der Waals surface area contributed by atoms with Gasteiger partial charge in [0.05, 0.1) is 30.7 Å². The number of rotatable bonds is 23. The first kappa shape index (κ1) is 62.2. The summed E-state index contributed by atoms with van der Waals surface area (Å²) in [5.41, 5.74) is 5.38. The van der Waals surface area contributed by atoms with Crippen LogP contribution in [0, 0.1) is 0 Å². The average molecular weight is 1100 g/mol. The van der Waals surface area contributed by atoms with Crippen LogP contribution in [0.2, 0.25) is 0 Å². The second kappa shape index (κ2) is 29.4. The number of alkyl carbamates (subject to hydrolysis) is 1. The summed E-state index contributed by atoms with van der Waals surface area (Å²) >= 11 is 0. The fraction of sp³-hybridized carbons (Fsp3) is 0.582. The van der Waals surface area contributed by atoms with Gasteiger partial charge < -0.3 is 56.3 Å². The number of hydrogen-bond acceptors (Lipinski definition) is 15.